The van der Waals surface area contributed by atoms with Crippen LogP contribution in [0.15, 0.2) is 37.1 Å². The Morgan fingerprint density at radius 1 is 1.28 bits per heavy atom. The molecule has 154 valence electrons. The molecule has 1 aromatic heterocycles. The number of morpholine rings is 1. The van der Waals surface area contributed by atoms with Crippen LogP contribution in [0.3, 0.4) is 0 Å². The zero-order chi connectivity index (χ0) is 20.2. The number of nitrogens with zero attached hydrogens (tertiary/aromatic N) is 1. The predicted molar refractivity (Wildman–Crippen MR) is 113 cm³/mol. The third-order valence-corrected chi connectivity index (χ3v) is 6.12. The Balaban J connectivity index is 1.45. The average Bonchev–Trinajstić information content (AvgIpc) is 3.21. The minimum Gasteiger partial charge on any atom is -0.373 e. The van der Waals surface area contributed by atoms with E-state index in [-0.39, 0.29) is 17.9 Å². The Morgan fingerprint density at radius 2 is 2.10 bits per heavy atom. The van der Waals surface area contributed by atoms with Crippen molar-refractivity contribution in [2.45, 2.75) is 44.1 Å². The molecule has 2 N–H and O–H groups in total. The van der Waals surface area contributed by atoms with Crippen molar-refractivity contribution in [1.82, 2.24) is 15.2 Å². The summed E-state index contributed by atoms with van der Waals surface area (Å²) in [7, 11) is 0. The Morgan fingerprint density at radius 3 is 2.90 bits per heavy atom. The van der Waals surface area contributed by atoms with Crippen LogP contribution in [0.2, 0.25) is 0 Å². The van der Waals surface area contributed by atoms with E-state index in [2.05, 4.69) is 29.1 Å². The normalized spacial score (nSPS) is 20.6. The first-order chi connectivity index (χ1) is 14.2. The van der Waals surface area contributed by atoms with Gasteiger partial charge in [-0.05, 0) is 42.5 Å². The zero-order valence-electron chi connectivity index (χ0n) is 16.8. The Labute approximate surface area is 171 Å². The highest BCUT2D eigenvalue weighted by Gasteiger charge is 2.26. The summed E-state index contributed by atoms with van der Waals surface area (Å²) in [6.45, 7) is 5.30. The quantitative estimate of drug-likeness (QED) is 0.763. The highest BCUT2D eigenvalue weighted by molar-refractivity contribution is 5.98. The molecule has 2 heterocycles. The van der Waals surface area contributed by atoms with Crippen molar-refractivity contribution in [1.29, 1.82) is 0 Å². The van der Waals surface area contributed by atoms with Crippen molar-refractivity contribution < 1.29 is 14.3 Å². The molecular weight excluding hydrogens is 366 g/mol. The summed E-state index contributed by atoms with van der Waals surface area (Å²) in [5.41, 5.74) is 3.10. The number of carbonyl (C=O) groups excluding carboxylic acids is 2. The minimum absolute atomic E-state index is 0.00376. The molecule has 2 aliphatic rings. The van der Waals surface area contributed by atoms with Crippen LogP contribution >= 0.6 is 0 Å². The van der Waals surface area contributed by atoms with Crippen LogP contribution in [0.4, 0.5) is 0 Å². The smallest absolute Gasteiger partial charge is 0.254 e. The molecule has 0 bridgehead atoms. The van der Waals surface area contributed by atoms with E-state index < -0.39 is 0 Å². The second kappa shape index (κ2) is 8.82. The van der Waals surface area contributed by atoms with Gasteiger partial charge in [-0.2, -0.15) is 0 Å². The van der Waals surface area contributed by atoms with Crippen LogP contribution in [0.1, 0.15) is 53.9 Å². The largest absolute Gasteiger partial charge is 0.373 e. The second-order valence-corrected chi connectivity index (χ2v) is 8.03. The molecule has 2 fully saturated rings. The van der Waals surface area contributed by atoms with Gasteiger partial charge in [0.2, 0.25) is 5.91 Å². The van der Waals surface area contributed by atoms with Crippen molar-refractivity contribution in [2.75, 3.05) is 26.2 Å². The highest BCUT2D eigenvalue weighted by atomic mass is 16.5. The van der Waals surface area contributed by atoms with E-state index >= 15 is 0 Å². The summed E-state index contributed by atoms with van der Waals surface area (Å²) in [5.74, 6) is 0.400. The summed E-state index contributed by atoms with van der Waals surface area (Å²) < 4.78 is 5.68. The SMILES string of the molecule is C=CC(=O)NC[C@H]1CN(C(=O)c2ccc3c(C4CCCCC4)c[nH]c3c2)CCO1. The number of amides is 2. The molecule has 6 nitrogen and oxygen atoms in total. The fraction of sp³-hybridized carbons (Fsp3) is 0.478. The maximum atomic E-state index is 13.0. The summed E-state index contributed by atoms with van der Waals surface area (Å²) in [4.78, 5) is 29.6. The van der Waals surface area contributed by atoms with Crippen LogP contribution in [0, 0.1) is 0 Å². The summed E-state index contributed by atoms with van der Waals surface area (Å²) in [5, 5.41) is 3.97. The van der Waals surface area contributed by atoms with Gasteiger partial charge in [0.15, 0.2) is 0 Å². The molecule has 2 aromatic rings. The molecule has 2 amide bonds. The van der Waals surface area contributed by atoms with E-state index in [4.69, 9.17) is 4.74 Å². The average molecular weight is 396 g/mol. The molecule has 1 saturated heterocycles. The molecule has 0 spiro atoms. The molecule has 0 radical (unpaired) electrons. The van der Waals surface area contributed by atoms with E-state index in [1.165, 1.54) is 49.1 Å². The van der Waals surface area contributed by atoms with Gasteiger partial charge in [-0.15, -0.1) is 0 Å². The number of benzene rings is 1. The lowest BCUT2D eigenvalue weighted by Crippen LogP contribution is -2.49. The number of hydrogen-bond acceptors (Lipinski definition) is 3. The summed E-state index contributed by atoms with van der Waals surface area (Å²) in [6.07, 6.45) is 9.62. The molecule has 29 heavy (non-hydrogen) atoms. The maximum absolute atomic E-state index is 13.0. The van der Waals surface area contributed by atoms with Gasteiger partial charge in [-0.25, -0.2) is 0 Å². The maximum Gasteiger partial charge on any atom is 0.254 e. The molecule has 4 rings (SSSR count). The fourth-order valence-corrected chi connectivity index (χ4v) is 4.53. The number of nitrogens with one attached hydrogen (secondary N) is 2. The lowest BCUT2D eigenvalue weighted by atomic mass is 9.84. The van der Waals surface area contributed by atoms with Crippen LogP contribution in [-0.2, 0) is 9.53 Å². The Kier molecular flexibility index (Phi) is 6.00. The van der Waals surface area contributed by atoms with Gasteiger partial charge in [0.05, 0.1) is 12.7 Å². The zero-order valence-corrected chi connectivity index (χ0v) is 16.8. The second-order valence-electron chi connectivity index (χ2n) is 8.03. The molecule has 0 unspecified atom stereocenters. The topological polar surface area (TPSA) is 74.4 Å². The molecule has 1 saturated carbocycles. The number of ether oxygens (including phenoxy) is 1. The van der Waals surface area contributed by atoms with Crippen molar-refractivity contribution in [3.05, 3.63) is 48.2 Å². The van der Waals surface area contributed by atoms with Crippen molar-refractivity contribution >= 4 is 22.7 Å². The van der Waals surface area contributed by atoms with Crippen LogP contribution in [0.25, 0.3) is 10.9 Å². The number of aromatic nitrogens is 1. The number of fused-ring (bicyclic) bond motifs is 1. The molecular formula is C23H29N3O3. The van der Waals surface area contributed by atoms with E-state index in [0.717, 1.165) is 5.52 Å². The van der Waals surface area contributed by atoms with E-state index in [1.807, 2.05) is 12.1 Å². The highest BCUT2D eigenvalue weighted by Crippen LogP contribution is 2.36. The van der Waals surface area contributed by atoms with Gasteiger partial charge < -0.3 is 19.9 Å². The fourth-order valence-electron chi connectivity index (χ4n) is 4.53. The van der Waals surface area contributed by atoms with E-state index in [0.29, 0.717) is 37.7 Å². The first-order valence-corrected chi connectivity index (χ1v) is 10.6. The third kappa shape index (κ3) is 4.37. The number of H-pyrrole nitrogens is 1. The summed E-state index contributed by atoms with van der Waals surface area (Å²) in [6, 6.07) is 5.99. The van der Waals surface area contributed by atoms with Gasteiger partial charge in [0.1, 0.15) is 0 Å². The number of aromatic amines is 1. The lowest BCUT2D eigenvalue weighted by Gasteiger charge is -2.33. The van der Waals surface area contributed by atoms with Crippen molar-refractivity contribution in [3.8, 4) is 0 Å². The van der Waals surface area contributed by atoms with Gasteiger partial charge in [-0.1, -0.05) is 31.9 Å². The number of hydrogen-bond donors (Lipinski definition) is 2. The van der Waals surface area contributed by atoms with Gasteiger partial charge in [0, 0.05) is 42.3 Å². The predicted octanol–water partition coefficient (Wildman–Crippen LogP) is 3.36. The number of rotatable bonds is 5. The molecule has 1 aromatic carbocycles. The van der Waals surface area contributed by atoms with Gasteiger partial charge in [0.25, 0.3) is 5.91 Å². The lowest BCUT2D eigenvalue weighted by molar-refractivity contribution is -0.117. The van der Waals surface area contributed by atoms with Crippen LogP contribution in [0.5, 0.6) is 0 Å². The van der Waals surface area contributed by atoms with E-state index in [1.54, 1.807) is 4.90 Å². The van der Waals surface area contributed by atoms with Crippen molar-refractivity contribution in [3.63, 3.8) is 0 Å². The number of carbonyl (C=O) groups is 2. The Bertz CT molecular complexity index is 898. The first-order valence-electron chi connectivity index (χ1n) is 10.6. The van der Waals surface area contributed by atoms with Gasteiger partial charge in [-0.3, -0.25) is 9.59 Å². The third-order valence-electron chi connectivity index (χ3n) is 6.12. The monoisotopic (exact) mass is 395 g/mol. The summed E-state index contributed by atoms with van der Waals surface area (Å²) >= 11 is 0. The molecule has 6 heteroatoms. The van der Waals surface area contributed by atoms with Crippen LogP contribution in [-0.4, -0.2) is 54.0 Å². The molecule has 1 aliphatic heterocycles. The molecule has 1 atom stereocenters. The van der Waals surface area contributed by atoms with Crippen molar-refractivity contribution in [2.24, 2.45) is 0 Å². The standard InChI is InChI=1S/C23H29N3O3/c1-2-22(27)25-13-18-15-26(10-11-29-18)23(28)17-8-9-19-20(14-24-21(19)12-17)16-6-4-3-5-7-16/h2,8-9,12,14,16,18,24H,1,3-7,10-11,13,15H2,(H,25,27)/t18-/m0/s1. The van der Waals surface area contributed by atoms with E-state index in [9.17, 15) is 9.59 Å². The Hall–Kier alpha value is -2.60. The first kappa shape index (κ1) is 19.7. The molecule has 1 aliphatic carbocycles. The van der Waals surface area contributed by atoms with Crippen LogP contribution < -0.4 is 5.32 Å². The minimum atomic E-state index is -0.233. The van der Waals surface area contributed by atoms with Gasteiger partial charge >= 0.3 is 0 Å².